The van der Waals surface area contributed by atoms with Crippen molar-refractivity contribution in [3.8, 4) is 0 Å². The molecule has 2 aliphatic rings. The number of hydrogen-bond acceptors (Lipinski definition) is 1. The second-order valence-electron chi connectivity index (χ2n) is 6.10. The van der Waals surface area contributed by atoms with E-state index in [4.69, 9.17) is 0 Å². The van der Waals surface area contributed by atoms with Gasteiger partial charge in [-0.25, -0.2) is 0 Å². The second kappa shape index (κ2) is 5.44. The third-order valence-electron chi connectivity index (χ3n) is 4.68. The first-order valence-electron chi connectivity index (χ1n) is 7.63. The van der Waals surface area contributed by atoms with E-state index < -0.39 is 0 Å². The van der Waals surface area contributed by atoms with Crippen molar-refractivity contribution in [2.24, 2.45) is 5.92 Å². The van der Waals surface area contributed by atoms with Gasteiger partial charge in [0.15, 0.2) is 0 Å². The molecule has 98 valence electrons. The first kappa shape index (κ1) is 12.2. The van der Waals surface area contributed by atoms with Gasteiger partial charge in [-0.3, -0.25) is 0 Å². The summed E-state index contributed by atoms with van der Waals surface area (Å²) >= 11 is 0. The SMILES string of the molecule is OC(c1ccccc1C1CC1)C1CCCCCC1. The van der Waals surface area contributed by atoms with Crippen LogP contribution in [0.3, 0.4) is 0 Å². The molecule has 0 saturated heterocycles. The highest BCUT2D eigenvalue weighted by atomic mass is 16.3. The van der Waals surface area contributed by atoms with Crippen LogP contribution in [0.1, 0.15) is 74.5 Å². The van der Waals surface area contributed by atoms with Crippen molar-refractivity contribution in [2.45, 2.75) is 63.4 Å². The van der Waals surface area contributed by atoms with Crippen LogP contribution in [-0.2, 0) is 0 Å². The molecule has 2 saturated carbocycles. The maximum atomic E-state index is 10.7. The molecule has 0 aromatic heterocycles. The minimum atomic E-state index is -0.222. The number of aliphatic hydroxyl groups is 1. The van der Waals surface area contributed by atoms with Crippen LogP contribution >= 0.6 is 0 Å². The van der Waals surface area contributed by atoms with Gasteiger partial charge in [0.05, 0.1) is 6.10 Å². The van der Waals surface area contributed by atoms with Gasteiger partial charge < -0.3 is 5.11 Å². The number of aliphatic hydroxyl groups excluding tert-OH is 1. The smallest absolute Gasteiger partial charge is 0.0820 e. The Bertz CT molecular complexity index is 386. The summed E-state index contributed by atoms with van der Waals surface area (Å²) in [5.74, 6) is 1.23. The lowest BCUT2D eigenvalue weighted by atomic mass is 9.86. The zero-order chi connectivity index (χ0) is 12.4. The Morgan fingerprint density at radius 3 is 2.22 bits per heavy atom. The van der Waals surface area contributed by atoms with E-state index in [9.17, 15) is 5.11 Å². The van der Waals surface area contributed by atoms with Gasteiger partial charge in [0, 0.05) is 0 Å². The van der Waals surface area contributed by atoms with Crippen molar-refractivity contribution in [1.82, 2.24) is 0 Å². The van der Waals surface area contributed by atoms with E-state index in [2.05, 4.69) is 24.3 Å². The Hall–Kier alpha value is -0.820. The summed E-state index contributed by atoms with van der Waals surface area (Å²) in [6, 6.07) is 8.59. The average molecular weight is 244 g/mol. The predicted octanol–water partition coefficient (Wildman–Crippen LogP) is 4.57. The molecule has 0 radical (unpaired) electrons. The van der Waals surface area contributed by atoms with Crippen molar-refractivity contribution in [2.75, 3.05) is 0 Å². The molecule has 1 atom stereocenters. The standard InChI is InChI=1S/C17H24O/c18-17(14-7-3-1-2-4-8-14)16-10-6-5-9-15(16)13-11-12-13/h5-6,9-10,13-14,17-18H,1-4,7-8,11-12H2. The van der Waals surface area contributed by atoms with Gasteiger partial charge in [-0.05, 0) is 48.6 Å². The Morgan fingerprint density at radius 1 is 0.889 bits per heavy atom. The lowest BCUT2D eigenvalue weighted by Crippen LogP contribution is -2.13. The van der Waals surface area contributed by atoms with Crippen LogP contribution in [0.5, 0.6) is 0 Å². The van der Waals surface area contributed by atoms with Crippen LogP contribution < -0.4 is 0 Å². The van der Waals surface area contributed by atoms with Crippen LogP contribution in [0.15, 0.2) is 24.3 Å². The van der Waals surface area contributed by atoms with Crippen molar-refractivity contribution in [3.63, 3.8) is 0 Å². The quantitative estimate of drug-likeness (QED) is 0.772. The van der Waals surface area contributed by atoms with Crippen LogP contribution in [0.2, 0.25) is 0 Å². The summed E-state index contributed by atoms with van der Waals surface area (Å²) in [4.78, 5) is 0. The van der Waals surface area contributed by atoms with E-state index in [-0.39, 0.29) is 6.10 Å². The van der Waals surface area contributed by atoms with Gasteiger partial charge in [-0.2, -0.15) is 0 Å². The summed E-state index contributed by atoms with van der Waals surface area (Å²) < 4.78 is 0. The van der Waals surface area contributed by atoms with Gasteiger partial charge in [0.1, 0.15) is 0 Å². The first-order valence-corrected chi connectivity index (χ1v) is 7.63. The molecular formula is C17H24O. The fourth-order valence-corrected chi connectivity index (χ4v) is 3.43. The summed E-state index contributed by atoms with van der Waals surface area (Å²) in [6.45, 7) is 0. The highest BCUT2D eigenvalue weighted by Gasteiger charge is 2.30. The summed E-state index contributed by atoms with van der Waals surface area (Å²) in [6.07, 6.45) is 10.1. The lowest BCUT2D eigenvalue weighted by molar-refractivity contribution is 0.0979. The number of benzene rings is 1. The highest BCUT2D eigenvalue weighted by molar-refractivity contribution is 5.35. The van der Waals surface area contributed by atoms with E-state index in [0.717, 1.165) is 5.92 Å². The van der Waals surface area contributed by atoms with Crippen LogP contribution in [0.25, 0.3) is 0 Å². The molecule has 2 aliphatic carbocycles. The van der Waals surface area contributed by atoms with Crippen molar-refractivity contribution < 1.29 is 5.11 Å². The molecule has 0 aliphatic heterocycles. The molecular weight excluding hydrogens is 220 g/mol. The van der Waals surface area contributed by atoms with Gasteiger partial charge in [0.25, 0.3) is 0 Å². The fraction of sp³-hybridized carbons (Fsp3) is 0.647. The molecule has 0 heterocycles. The van der Waals surface area contributed by atoms with E-state index in [1.165, 1.54) is 62.5 Å². The lowest BCUT2D eigenvalue weighted by Gasteiger charge is -2.24. The number of rotatable bonds is 3. The summed E-state index contributed by atoms with van der Waals surface area (Å²) in [5.41, 5.74) is 2.65. The molecule has 2 fully saturated rings. The molecule has 3 rings (SSSR count). The van der Waals surface area contributed by atoms with Crippen LogP contribution in [0, 0.1) is 5.92 Å². The highest BCUT2D eigenvalue weighted by Crippen LogP contribution is 2.45. The van der Waals surface area contributed by atoms with E-state index in [0.29, 0.717) is 5.92 Å². The molecule has 1 nitrogen and oxygen atoms in total. The van der Waals surface area contributed by atoms with Gasteiger partial charge >= 0.3 is 0 Å². The third kappa shape index (κ3) is 2.61. The fourth-order valence-electron chi connectivity index (χ4n) is 3.43. The zero-order valence-electron chi connectivity index (χ0n) is 11.1. The third-order valence-corrected chi connectivity index (χ3v) is 4.68. The zero-order valence-corrected chi connectivity index (χ0v) is 11.1. The van der Waals surface area contributed by atoms with Gasteiger partial charge in [0.2, 0.25) is 0 Å². The molecule has 1 unspecified atom stereocenters. The summed E-state index contributed by atoms with van der Waals surface area (Å²) in [5, 5.41) is 10.7. The maximum absolute atomic E-state index is 10.7. The van der Waals surface area contributed by atoms with Gasteiger partial charge in [-0.15, -0.1) is 0 Å². The topological polar surface area (TPSA) is 20.2 Å². The normalized spacial score (nSPS) is 23.6. The molecule has 1 aromatic carbocycles. The monoisotopic (exact) mass is 244 g/mol. The van der Waals surface area contributed by atoms with Crippen LogP contribution in [-0.4, -0.2) is 5.11 Å². The average Bonchev–Trinajstić information content (AvgIpc) is 3.24. The predicted molar refractivity (Wildman–Crippen MR) is 74.6 cm³/mol. The van der Waals surface area contributed by atoms with Gasteiger partial charge in [-0.1, -0.05) is 49.9 Å². The Balaban J connectivity index is 1.79. The minimum absolute atomic E-state index is 0.222. The largest absolute Gasteiger partial charge is 0.388 e. The molecule has 1 heteroatoms. The molecule has 0 amide bonds. The number of hydrogen-bond donors (Lipinski definition) is 1. The molecule has 1 aromatic rings. The summed E-state index contributed by atoms with van der Waals surface area (Å²) in [7, 11) is 0. The first-order chi connectivity index (χ1) is 8.86. The Kier molecular flexibility index (Phi) is 3.69. The Labute approximate surface area is 110 Å². The van der Waals surface area contributed by atoms with Crippen LogP contribution in [0.4, 0.5) is 0 Å². The molecule has 18 heavy (non-hydrogen) atoms. The van der Waals surface area contributed by atoms with Crippen molar-refractivity contribution in [3.05, 3.63) is 35.4 Å². The molecule has 0 bridgehead atoms. The minimum Gasteiger partial charge on any atom is -0.388 e. The maximum Gasteiger partial charge on any atom is 0.0820 e. The molecule has 1 N–H and O–H groups in total. The van der Waals surface area contributed by atoms with Crippen molar-refractivity contribution in [1.29, 1.82) is 0 Å². The van der Waals surface area contributed by atoms with E-state index >= 15 is 0 Å². The molecule has 0 spiro atoms. The Morgan fingerprint density at radius 2 is 1.56 bits per heavy atom. The van der Waals surface area contributed by atoms with E-state index in [1.807, 2.05) is 0 Å². The second-order valence-corrected chi connectivity index (χ2v) is 6.10. The van der Waals surface area contributed by atoms with Crippen molar-refractivity contribution >= 4 is 0 Å². The van der Waals surface area contributed by atoms with E-state index in [1.54, 1.807) is 0 Å².